The fourth-order valence-electron chi connectivity index (χ4n) is 3.22. The van der Waals surface area contributed by atoms with Crippen molar-refractivity contribution in [3.05, 3.63) is 84.9 Å². The van der Waals surface area contributed by atoms with Gasteiger partial charge in [0.05, 0.1) is 11.4 Å². The van der Waals surface area contributed by atoms with Gasteiger partial charge in [-0.05, 0) is 48.0 Å². The largest absolute Gasteiger partial charge is 0.508 e. The summed E-state index contributed by atoms with van der Waals surface area (Å²) in [7, 11) is 0. The Kier molecular flexibility index (Phi) is 5.05. The van der Waals surface area contributed by atoms with Crippen molar-refractivity contribution in [2.45, 2.75) is 0 Å². The number of phenols is 4. The second-order valence-corrected chi connectivity index (χ2v) is 6.64. The standard InChI is InChI=1S/C24H18N2O4/c27-16-9-11-18(22(29)13-16)19-7-4-8-21(26-25-15-5-2-1-3-6-15)24(19)20-12-10-17(28)14-23(20)30/h1-14,27-30H. The van der Waals surface area contributed by atoms with Gasteiger partial charge in [-0.15, -0.1) is 5.11 Å². The van der Waals surface area contributed by atoms with Crippen LogP contribution in [0, 0.1) is 0 Å². The summed E-state index contributed by atoms with van der Waals surface area (Å²) < 4.78 is 0. The van der Waals surface area contributed by atoms with Crippen molar-refractivity contribution >= 4 is 11.4 Å². The van der Waals surface area contributed by atoms with Crippen molar-refractivity contribution in [3.63, 3.8) is 0 Å². The summed E-state index contributed by atoms with van der Waals surface area (Å²) in [6, 6.07) is 23.1. The molecule has 6 heteroatoms. The Morgan fingerprint density at radius 2 is 1.13 bits per heavy atom. The maximum atomic E-state index is 10.5. The summed E-state index contributed by atoms with van der Waals surface area (Å²) in [6.07, 6.45) is 0. The van der Waals surface area contributed by atoms with Crippen LogP contribution in [0.5, 0.6) is 23.0 Å². The van der Waals surface area contributed by atoms with E-state index in [4.69, 9.17) is 0 Å². The Labute approximate surface area is 172 Å². The molecule has 0 unspecified atom stereocenters. The number of benzene rings is 4. The molecule has 0 heterocycles. The molecule has 0 fully saturated rings. The molecular formula is C24H18N2O4. The van der Waals surface area contributed by atoms with Gasteiger partial charge in [-0.2, -0.15) is 5.11 Å². The summed E-state index contributed by atoms with van der Waals surface area (Å²) in [5.74, 6) is -0.401. The molecule has 148 valence electrons. The molecule has 4 N–H and O–H groups in total. The lowest BCUT2D eigenvalue weighted by molar-refractivity contribution is 0.450. The van der Waals surface area contributed by atoms with E-state index in [1.165, 1.54) is 24.3 Å². The smallest absolute Gasteiger partial charge is 0.127 e. The first kappa shape index (κ1) is 19.0. The van der Waals surface area contributed by atoms with Crippen LogP contribution in [0.4, 0.5) is 11.4 Å². The summed E-state index contributed by atoms with van der Waals surface area (Å²) >= 11 is 0. The van der Waals surface area contributed by atoms with Crippen LogP contribution < -0.4 is 0 Å². The van der Waals surface area contributed by atoms with E-state index < -0.39 is 0 Å². The van der Waals surface area contributed by atoms with Crippen molar-refractivity contribution < 1.29 is 20.4 Å². The van der Waals surface area contributed by atoms with Gasteiger partial charge in [0.2, 0.25) is 0 Å². The summed E-state index contributed by atoms with van der Waals surface area (Å²) in [5.41, 5.74) is 3.10. The summed E-state index contributed by atoms with van der Waals surface area (Å²) in [5, 5.41) is 48.9. The van der Waals surface area contributed by atoms with Crippen LogP contribution in [0.2, 0.25) is 0 Å². The van der Waals surface area contributed by atoms with Crippen LogP contribution >= 0.6 is 0 Å². The van der Waals surface area contributed by atoms with Crippen LogP contribution in [0.25, 0.3) is 22.3 Å². The lowest BCUT2D eigenvalue weighted by atomic mass is 9.92. The maximum absolute atomic E-state index is 10.5. The third kappa shape index (κ3) is 3.79. The number of phenolic OH excluding ortho intramolecular Hbond substituents is 4. The maximum Gasteiger partial charge on any atom is 0.127 e. The number of rotatable bonds is 4. The van der Waals surface area contributed by atoms with Crippen molar-refractivity contribution in [2.24, 2.45) is 10.2 Å². The minimum absolute atomic E-state index is 0.0646. The first-order valence-corrected chi connectivity index (χ1v) is 9.17. The van der Waals surface area contributed by atoms with E-state index >= 15 is 0 Å². The first-order chi connectivity index (χ1) is 14.5. The van der Waals surface area contributed by atoms with Crippen LogP contribution in [-0.2, 0) is 0 Å². The average Bonchev–Trinajstić information content (AvgIpc) is 2.73. The van der Waals surface area contributed by atoms with Crippen LogP contribution in [-0.4, -0.2) is 20.4 Å². The van der Waals surface area contributed by atoms with Gasteiger partial charge < -0.3 is 20.4 Å². The molecule has 4 rings (SSSR count). The zero-order valence-corrected chi connectivity index (χ0v) is 15.8. The molecule has 0 radical (unpaired) electrons. The number of aromatic hydroxyl groups is 4. The highest BCUT2D eigenvalue weighted by molar-refractivity contribution is 5.94. The molecule has 0 amide bonds. The Hall–Kier alpha value is -4.32. The third-order valence-electron chi connectivity index (χ3n) is 4.59. The SMILES string of the molecule is Oc1ccc(-c2cccc(N=Nc3ccccc3)c2-c2ccc(O)cc2O)c(O)c1. The molecule has 0 aliphatic carbocycles. The fourth-order valence-corrected chi connectivity index (χ4v) is 3.22. The van der Waals surface area contributed by atoms with E-state index in [0.29, 0.717) is 33.6 Å². The van der Waals surface area contributed by atoms with Gasteiger partial charge in [-0.3, -0.25) is 0 Å². The topological polar surface area (TPSA) is 106 Å². The predicted octanol–water partition coefficient (Wildman–Crippen LogP) is 6.26. The molecule has 0 aromatic heterocycles. The Bertz CT molecular complexity index is 1240. The average molecular weight is 398 g/mol. The van der Waals surface area contributed by atoms with Crippen molar-refractivity contribution in [3.8, 4) is 45.3 Å². The lowest BCUT2D eigenvalue weighted by Gasteiger charge is -2.15. The van der Waals surface area contributed by atoms with Gasteiger partial charge in [0.15, 0.2) is 0 Å². The third-order valence-corrected chi connectivity index (χ3v) is 4.59. The molecule has 0 aliphatic heterocycles. The lowest BCUT2D eigenvalue weighted by Crippen LogP contribution is -1.88. The van der Waals surface area contributed by atoms with Crippen molar-refractivity contribution in [1.82, 2.24) is 0 Å². The molecular weight excluding hydrogens is 380 g/mol. The van der Waals surface area contributed by atoms with E-state index in [1.807, 2.05) is 30.3 Å². The highest BCUT2D eigenvalue weighted by Gasteiger charge is 2.18. The zero-order chi connectivity index (χ0) is 21.1. The summed E-state index contributed by atoms with van der Waals surface area (Å²) in [4.78, 5) is 0. The quantitative estimate of drug-likeness (QED) is 0.304. The molecule has 0 aliphatic rings. The second-order valence-electron chi connectivity index (χ2n) is 6.64. The van der Waals surface area contributed by atoms with Gasteiger partial charge >= 0.3 is 0 Å². The molecule has 0 spiro atoms. The second kappa shape index (κ2) is 7.97. The highest BCUT2D eigenvalue weighted by Crippen LogP contribution is 2.46. The number of hydrogen-bond donors (Lipinski definition) is 4. The van der Waals surface area contributed by atoms with Crippen LogP contribution in [0.3, 0.4) is 0 Å². The van der Waals surface area contributed by atoms with Gasteiger partial charge in [-0.25, -0.2) is 0 Å². The molecule has 30 heavy (non-hydrogen) atoms. The van der Waals surface area contributed by atoms with E-state index in [1.54, 1.807) is 30.3 Å². The van der Waals surface area contributed by atoms with Gasteiger partial charge in [0.25, 0.3) is 0 Å². The van der Waals surface area contributed by atoms with E-state index in [0.717, 1.165) is 0 Å². The number of nitrogens with zero attached hydrogens (tertiary/aromatic N) is 2. The minimum Gasteiger partial charge on any atom is -0.508 e. The Morgan fingerprint density at radius 1 is 0.500 bits per heavy atom. The van der Waals surface area contributed by atoms with Crippen LogP contribution in [0.15, 0.2) is 95.2 Å². The number of hydrogen-bond acceptors (Lipinski definition) is 6. The van der Waals surface area contributed by atoms with Crippen molar-refractivity contribution in [2.75, 3.05) is 0 Å². The Morgan fingerprint density at radius 3 is 1.77 bits per heavy atom. The molecule has 0 saturated carbocycles. The molecule has 6 nitrogen and oxygen atoms in total. The van der Waals surface area contributed by atoms with E-state index in [-0.39, 0.29) is 23.0 Å². The molecule has 4 aromatic rings. The number of azo groups is 1. The highest BCUT2D eigenvalue weighted by atomic mass is 16.3. The normalized spacial score (nSPS) is 11.1. The zero-order valence-electron chi connectivity index (χ0n) is 15.8. The molecule has 4 aromatic carbocycles. The van der Waals surface area contributed by atoms with Gasteiger partial charge in [0, 0.05) is 28.8 Å². The van der Waals surface area contributed by atoms with Crippen molar-refractivity contribution in [1.29, 1.82) is 0 Å². The summed E-state index contributed by atoms with van der Waals surface area (Å²) in [6.45, 7) is 0. The first-order valence-electron chi connectivity index (χ1n) is 9.17. The predicted molar refractivity (Wildman–Crippen MR) is 115 cm³/mol. The minimum atomic E-state index is -0.142. The molecule has 0 bridgehead atoms. The fraction of sp³-hybridized carbons (Fsp3) is 0. The Balaban J connectivity index is 1.95. The molecule has 0 atom stereocenters. The van der Waals surface area contributed by atoms with Gasteiger partial charge in [-0.1, -0.05) is 30.3 Å². The van der Waals surface area contributed by atoms with E-state index in [2.05, 4.69) is 10.2 Å². The van der Waals surface area contributed by atoms with Crippen LogP contribution in [0.1, 0.15) is 0 Å². The monoisotopic (exact) mass is 398 g/mol. The van der Waals surface area contributed by atoms with Gasteiger partial charge in [0.1, 0.15) is 23.0 Å². The molecule has 0 saturated heterocycles. The van der Waals surface area contributed by atoms with E-state index in [9.17, 15) is 20.4 Å².